The average Bonchev–Trinajstić information content (AvgIpc) is 2.32. The van der Waals surface area contributed by atoms with E-state index in [0.717, 1.165) is 11.7 Å². The van der Waals surface area contributed by atoms with Crippen LogP contribution in [0, 0.1) is 11.8 Å². The molecule has 78 valence electrons. The van der Waals surface area contributed by atoms with Gasteiger partial charge in [-0.1, -0.05) is 30.4 Å². The summed E-state index contributed by atoms with van der Waals surface area (Å²) in [5.74, 6) is 2.43. The monoisotopic (exact) mass is 200 g/mol. The van der Waals surface area contributed by atoms with E-state index in [1.54, 1.807) is 0 Å². The van der Waals surface area contributed by atoms with Crippen LogP contribution in [0.4, 0.5) is 0 Å². The second kappa shape index (κ2) is 3.73. The largest absolute Gasteiger partial charge is 0.490 e. The van der Waals surface area contributed by atoms with Crippen LogP contribution in [0.1, 0.15) is 19.3 Å². The van der Waals surface area contributed by atoms with Gasteiger partial charge in [0, 0.05) is 5.92 Å². The van der Waals surface area contributed by atoms with Crippen LogP contribution in [0.5, 0.6) is 5.75 Å². The molecule has 1 heteroatoms. The van der Waals surface area contributed by atoms with Crippen molar-refractivity contribution < 1.29 is 4.74 Å². The molecule has 0 amide bonds. The Morgan fingerprint density at radius 3 is 2.47 bits per heavy atom. The van der Waals surface area contributed by atoms with Crippen molar-refractivity contribution in [3.8, 4) is 5.75 Å². The summed E-state index contributed by atoms with van der Waals surface area (Å²) in [5.41, 5.74) is 0. The van der Waals surface area contributed by atoms with Crippen molar-refractivity contribution in [1.29, 1.82) is 0 Å². The molecule has 0 radical (unpaired) electrons. The number of ether oxygens (including phenoxy) is 1. The van der Waals surface area contributed by atoms with E-state index < -0.39 is 0 Å². The molecule has 15 heavy (non-hydrogen) atoms. The molecule has 0 spiro atoms. The molecule has 0 aliphatic heterocycles. The van der Waals surface area contributed by atoms with Gasteiger partial charge in [0.2, 0.25) is 0 Å². The van der Waals surface area contributed by atoms with Gasteiger partial charge < -0.3 is 4.74 Å². The molecule has 0 aromatic heterocycles. The predicted molar refractivity (Wildman–Crippen MR) is 60.8 cm³/mol. The smallest absolute Gasteiger partial charge is 0.119 e. The molecule has 1 saturated carbocycles. The molecule has 3 aliphatic carbocycles. The first-order valence-corrected chi connectivity index (χ1v) is 5.82. The van der Waals surface area contributed by atoms with Crippen molar-refractivity contribution in [3.63, 3.8) is 0 Å². The first-order valence-electron chi connectivity index (χ1n) is 5.82. The fourth-order valence-corrected chi connectivity index (χ4v) is 2.69. The van der Waals surface area contributed by atoms with Crippen molar-refractivity contribution >= 4 is 0 Å². The molecule has 0 unspecified atom stereocenters. The maximum Gasteiger partial charge on any atom is 0.119 e. The summed E-state index contributed by atoms with van der Waals surface area (Å²) in [6, 6.07) is 10.2. The minimum absolute atomic E-state index is 0.413. The van der Waals surface area contributed by atoms with Gasteiger partial charge in [0.25, 0.3) is 0 Å². The SMILES string of the molecule is C1=C[C@@H]2CC[C@H]1C[C@H]2Oc1ccccc1. The van der Waals surface area contributed by atoms with Gasteiger partial charge in [-0.2, -0.15) is 0 Å². The summed E-state index contributed by atoms with van der Waals surface area (Å²) in [5, 5.41) is 0. The fraction of sp³-hybridized carbons (Fsp3) is 0.429. The van der Waals surface area contributed by atoms with E-state index >= 15 is 0 Å². The van der Waals surface area contributed by atoms with E-state index in [0.29, 0.717) is 12.0 Å². The average molecular weight is 200 g/mol. The number of fused-ring (bicyclic) bond motifs is 2. The van der Waals surface area contributed by atoms with Crippen molar-refractivity contribution in [2.45, 2.75) is 25.4 Å². The maximum atomic E-state index is 6.04. The van der Waals surface area contributed by atoms with Gasteiger partial charge in [-0.15, -0.1) is 0 Å². The molecule has 0 saturated heterocycles. The van der Waals surface area contributed by atoms with E-state index in [9.17, 15) is 0 Å². The summed E-state index contributed by atoms with van der Waals surface area (Å²) in [4.78, 5) is 0. The number of para-hydroxylation sites is 1. The molecular formula is C14H16O. The lowest BCUT2D eigenvalue weighted by Gasteiger charge is -2.37. The van der Waals surface area contributed by atoms with Crippen LogP contribution in [0.3, 0.4) is 0 Å². The van der Waals surface area contributed by atoms with Crippen molar-refractivity contribution in [1.82, 2.24) is 0 Å². The second-order valence-corrected chi connectivity index (χ2v) is 4.59. The highest BCUT2D eigenvalue weighted by Gasteiger charge is 2.33. The van der Waals surface area contributed by atoms with Crippen LogP contribution < -0.4 is 4.74 Å². The van der Waals surface area contributed by atoms with Crippen LogP contribution in [0.2, 0.25) is 0 Å². The Hall–Kier alpha value is -1.24. The normalized spacial score (nSPS) is 32.9. The zero-order valence-corrected chi connectivity index (χ0v) is 8.80. The van der Waals surface area contributed by atoms with E-state index in [1.165, 1.54) is 19.3 Å². The zero-order valence-electron chi connectivity index (χ0n) is 8.80. The Bertz CT molecular complexity index is 355. The molecule has 1 fully saturated rings. The molecule has 0 N–H and O–H groups in total. The first-order chi connectivity index (χ1) is 7.42. The lowest BCUT2D eigenvalue weighted by atomic mass is 9.74. The van der Waals surface area contributed by atoms with Crippen LogP contribution >= 0.6 is 0 Å². The predicted octanol–water partition coefficient (Wildman–Crippen LogP) is 3.42. The van der Waals surface area contributed by atoms with Gasteiger partial charge in [0.15, 0.2) is 0 Å². The molecule has 3 atom stereocenters. The van der Waals surface area contributed by atoms with Gasteiger partial charge in [0.05, 0.1) is 0 Å². The number of hydrogen-bond acceptors (Lipinski definition) is 1. The number of rotatable bonds is 2. The molecule has 3 aliphatic rings. The summed E-state index contributed by atoms with van der Waals surface area (Å²) in [6.45, 7) is 0. The zero-order chi connectivity index (χ0) is 10.1. The number of hydrogen-bond donors (Lipinski definition) is 0. The second-order valence-electron chi connectivity index (χ2n) is 4.59. The Balaban J connectivity index is 1.72. The Morgan fingerprint density at radius 1 is 1.00 bits per heavy atom. The molecule has 2 bridgehead atoms. The standard InChI is InChI=1S/C14H16O/c1-2-4-13(5-3-1)15-14-10-11-6-8-12(14)9-7-11/h1-6,8,11-12,14H,7,9-10H2/t11-,12+,14+/m0/s1. The minimum atomic E-state index is 0.413. The van der Waals surface area contributed by atoms with E-state index in [2.05, 4.69) is 12.2 Å². The highest BCUT2D eigenvalue weighted by atomic mass is 16.5. The summed E-state index contributed by atoms with van der Waals surface area (Å²) < 4.78 is 6.04. The van der Waals surface area contributed by atoms with E-state index in [-0.39, 0.29) is 0 Å². The van der Waals surface area contributed by atoms with Crippen molar-refractivity contribution in [3.05, 3.63) is 42.5 Å². The Labute approximate surface area is 90.8 Å². The molecule has 1 aromatic carbocycles. The van der Waals surface area contributed by atoms with Crippen LogP contribution in [-0.2, 0) is 0 Å². The van der Waals surface area contributed by atoms with Gasteiger partial charge in [-0.05, 0) is 37.3 Å². The highest BCUT2D eigenvalue weighted by molar-refractivity contribution is 5.22. The van der Waals surface area contributed by atoms with Gasteiger partial charge in [-0.25, -0.2) is 0 Å². The van der Waals surface area contributed by atoms with Crippen molar-refractivity contribution in [2.24, 2.45) is 11.8 Å². The van der Waals surface area contributed by atoms with Gasteiger partial charge in [0.1, 0.15) is 11.9 Å². The lowest BCUT2D eigenvalue weighted by Crippen LogP contribution is -2.35. The fourth-order valence-electron chi connectivity index (χ4n) is 2.69. The lowest BCUT2D eigenvalue weighted by molar-refractivity contribution is 0.0886. The minimum Gasteiger partial charge on any atom is -0.490 e. The van der Waals surface area contributed by atoms with E-state index in [4.69, 9.17) is 4.74 Å². The summed E-state index contributed by atoms with van der Waals surface area (Å²) >= 11 is 0. The number of allylic oxidation sites excluding steroid dienone is 1. The van der Waals surface area contributed by atoms with Crippen LogP contribution in [-0.4, -0.2) is 6.10 Å². The summed E-state index contributed by atoms with van der Waals surface area (Å²) in [7, 11) is 0. The van der Waals surface area contributed by atoms with Crippen molar-refractivity contribution in [2.75, 3.05) is 0 Å². The quantitative estimate of drug-likeness (QED) is 0.665. The summed E-state index contributed by atoms with van der Waals surface area (Å²) in [6.07, 6.45) is 9.01. The molecule has 1 nitrogen and oxygen atoms in total. The third-order valence-corrected chi connectivity index (χ3v) is 3.54. The Kier molecular flexibility index (Phi) is 2.24. The topological polar surface area (TPSA) is 9.23 Å². The van der Waals surface area contributed by atoms with Gasteiger partial charge in [-0.3, -0.25) is 0 Å². The molecular weight excluding hydrogens is 184 g/mol. The maximum absolute atomic E-state index is 6.04. The molecule has 0 heterocycles. The third kappa shape index (κ3) is 1.79. The first kappa shape index (κ1) is 9.02. The highest BCUT2D eigenvalue weighted by Crippen LogP contribution is 2.38. The third-order valence-electron chi connectivity index (χ3n) is 3.54. The number of benzene rings is 1. The Morgan fingerprint density at radius 2 is 1.87 bits per heavy atom. The van der Waals surface area contributed by atoms with Crippen LogP contribution in [0.15, 0.2) is 42.5 Å². The van der Waals surface area contributed by atoms with E-state index in [1.807, 2.05) is 30.3 Å². The molecule has 1 aromatic rings. The van der Waals surface area contributed by atoms with Gasteiger partial charge >= 0.3 is 0 Å². The molecule has 4 rings (SSSR count). The van der Waals surface area contributed by atoms with Crippen LogP contribution in [0.25, 0.3) is 0 Å².